The van der Waals surface area contributed by atoms with Crippen molar-refractivity contribution in [3.05, 3.63) is 29.3 Å². The van der Waals surface area contributed by atoms with Crippen LogP contribution in [-0.2, 0) is 22.1 Å². The van der Waals surface area contributed by atoms with Crippen molar-refractivity contribution in [2.24, 2.45) is 0 Å². The largest absolute Gasteiger partial charge is 0.469 e. The van der Waals surface area contributed by atoms with Crippen molar-refractivity contribution in [2.75, 3.05) is 7.11 Å². The number of rotatable bonds is 2. The molecule has 0 amide bonds. The number of carbonyl (C=O) groups excluding carboxylic acids is 1. The van der Waals surface area contributed by atoms with Crippen molar-refractivity contribution in [2.45, 2.75) is 12.6 Å². The molecule has 1 aromatic heterocycles. The zero-order valence-electron chi connectivity index (χ0n) is 8.14. The van der Waals surface area contributed by atoms with Gasteiger partial charge in [-0.25, -0.2) is 4.39 Å². The Hall–Kier alpha value is -1.66. The molecule has 0 bridgehead atoms. The molecule has 0 unspecified atom stereocenters. The molecule has 0 saturated heterocycles. The molecule has 0 aliphatic rings. The lowest BCUT2D eigenvalue weighted by Crippen LogP contribution is -2.16. The first kappa shape index (κ1) is 12.4. The molecule has 1 aromatic rings. The van der Waals surface area contributed by atoms with E-state index in [1.807, 2.05) is 0 Å². The van der Waals surface area contributed by atoms with E-state index in [2.05, 4.69) is 9.72 Å². The molecule has 0 spiro atoms. The lowest BCUT2D eigenvalue weighted by molar-refractivity contribution is -0.142. The molecule has 7 heteroatoms. The number of aromatic nitrogens is 1. The van der Waals surface area contributed by atoms with Crippen molar-refractivity contribution >= 4 is 5.97 Å². The van der Waals surface area contributed by atoms with Crippen LogP contribution < -0.4 is 0 Å². The van der Waals surface area contributed by atoms with E-state index in [4.69, 9.17) is 0 Å². The molecule has 0 saturated carbocycles. The van der Waals surface area contributed by atoms with Crippen LogP contribution in [0.5, 0.6) is 0 Å². The fourth-order valence-corrected chi connectivity index (χ4v) is 1.15. The Morgan fingerprint density at radius 1 is 1.44 bits per heavy atom. The van der Waals surface area contributed by atoms with Crippen LogP contribution in [0.2, 0.25) is 0 Å². The van der Waals surface area contributed by atoms with Gasteiger partial charge >= 0.3 is 12.1 Å². The van der Waals surface area contributed by atoms with Crippen LogP contribution in [0.25, 0.3) is 0 Å². The van der Waals surface area contributed by atoms with E-state index in [-0.39, 0.29) is 0 Å². The number of hydrogen-bond donors (Lipinski definition) is 0. The Bertz CT molecular complexity index is 403. The molecular formula is C9H7F4NO2. The summed E-state index contributed by atoms with van der Waals surface area (Å²) in [5.41, 5.74) is -2.02. The van der Waals surface area contributed by atoms with Gasteiger partial charge in [0, 0.05) is 6.20 Å². The average Bonchev–Trinajstić information content (AvgIpc) is 2.15. The summed E-state index contributed by atoms with van der Waals surface area (Å²) in [6.07, 6.45) is -4.29. The summed E-state index contributed by atoms with van der Waals surface area (Å²) in [5, 5.41) is 0. The van der Waals surface area contributed by atoms with Gasteiger partial charge in [0.05, 0.1) is 25.3 Å². The van der Waals surface area contributed by atoms with Crippen molar-refractivity contribution < 1.29 is 27.1 Å². The Balaban J connectivity index is 3.18. The first-order valence-corrected chi connectivity index (χ1v) is 4.12. The maximum absolute atomic E-state index is 13.0. The molecule has 0 N–H and O–H groups in total. The smallest absolute Gasteiger partial charge is 0.419 e. The van der Waals surface area contributed by atoms with Gasteiger partial charge in [-0.05, 0) is 5.56 Å². The Kier molecular flexibility index (Phi) is 3.46. The number of ether oxygens (including phenoxy) is 1. The number of hydrogen-bond acceptors (Lipinski definition) is 3. The van der Waals surface area contributed by atoms with Gasteiger partial charge in [0.2, 0.25) is 0 Å². The minimum Gasteiger partial charge on any atom is -0.469 e. The third kappa shape index (κ3) is 2.68. The van der Waals surface area contributed by atoms with Gasteiger partial charge in [-0.2, -0.15) is 13.2 Å². The molecule has 88 valence electrons. The van der Waals surface area contributed by atoms with E-state index in [9.17, 15) is 22.4 Å². The van der Waals surface area contributed by atoms with E-state index < -0.39 is 35.5 Å². The third-order valence-electron chi connectivity index (χ3n) is 1.82. The number of methoxy groups -OCH3 is 1. The van der Waals surface area contributed by atoms with Gasteiger partial charge in [-0.3, -0.25) is 9.78 Å². The van der Waals surface area contributed by atoms with Gasteiger partial charge in [-0.15, -0.1) is 0 Å². The van der Waals surface area contributed by atoms with Crippen LogP contribution in [0.1, 0.15) is 11.1 Å². The highest BCUT2D eigenvalue weighted by molar-refractivity contribution is 5.72. The maximum Gasteiger partial charge on any atom is 0.419 e. The highest BCUT2D eigenvalue weighted by Gasteiger charge is 2.37. The summed E-state index contributed by atoms with van der Waals surface area (Å²) in [6.45, 7) is 0. The summed E-state index contributed by atoms with van der Waals surface area (Å²) in [7, 11) is 1.03. The fourth-order valence-electron chi connectivity index (χ4n) is 1.15. The van der Waals surface area contributed by atoms with Crippen molar-refractivity contribution in [3.8, 4) is 0 Å². The molecule has 0 atom stereocenters. The zero-order chi connectivity index (χ0) is 12.3. The van der Waals surface area contributed by atoms with Crippen LogP contribution >= 0.6 is 0 Å². The molecule has 0 aliphatic heterocycles. The van der Waals surface area contributed by atoms with Crippen molar-refractivity contribution in [3.63, 3.8) is 0 Å². The first-order valence-electron chi connectivity index (χ1n) is 4.12. The summed E-state index contributed by atoms with van der Waals surface area (Å²) in [6, 6.07) is 0. The normalized spacial score (nSPS) is 11.3. The topological polar surface area (TPSA) is 39.2 Å². The third-order valence-corrected chi connectivity index (χ3v) is 1.82. The molecule has 0 fully saturated rings. The number of nitrogens with zero attached hydrogens (tertiary/aromatic N) is 1. The summed E-state index contributed by atoms with van der Waals surface area (Å²) < 4.78 is 54.5. The molecule has 1 heterocycles. The van der Waals surface area contributed by atoms with Gasteiger partial charge in [0.15, 0.2) is 5.82 Å². The highest BCUT2D eigenvalue weighted by atomic mass is 19.4. The van der Waals surface area contributed by atoms with E-state index in [0.717, 1.165) is 13.3 Å². The van der Waals surface area contributed by atoms with Crippen LogP contribution in [0, 0.1) is 5.82 Å². The monoisotopic (exact) mass is 237 g/mol. The maximum atomic E-state index is 13.0. The molecule has 0 radical (unpaired) electrons. The highest BCUT2D eigenvalue weighted by Crippen LogP contribution is 2.33. The van der Waals surface area contributed by atoms with Crippen molar-refractivity contribution in [1.29, 1.82) is 0 Å². The lowest BCUT2D eigenvalue weighted by atomic mass is 10.1. The summed E-state index contributed by atoms with van der Waals surface area (Å²) in [4.78, 5) is 14.1. The van der Waals surface area contributed by atoms with Crippen LogP contribution in [0.4, 0.5) is 17.6 Å². The van der Waals surface area contributed by atoms with E-state index >= 15 is 0 Å². The Labute approximate surface area is 88.0 Å². The van der Waals surface area contributed by atoms with Crippen molar-refractivity contribution in [1.82, 2.24) is 4.98 Å². The minimum atomic E-state index is -4.86. The quantitative estimate of drug-likeness (QED) is 0.583. The van der Waals surface area contributed by atoms with Gasteiger partial charge in [0.1, 0.15) is 0 Å². The SMILES string of the molecule is COC(=O)Cc1cncc(F)c1C(F)(F)F. The predicted octanol–water partition coefficient (Wildman–Crippen LogP) is 1.96. The van der Waals surface area contributed by atoms with E-state index in [1.54, 1.807) is 0 Å². The van der Waals surface area contributed by atoms with Crippen LogP contribution in [-0.4, -0.2) is 18.1 Å². The fraction of sp³-hybridized carbons (Fsp3) is 0.333. The Morgan fingerprint density at radius 2 is 2.06 bits per heavy atom. The number of alkyl halides is 3. The summed E-state index contributed by atoms with van der Waals surface area (Å²) in [5.74, 6) is -2.40. The number of pyridine rings is 1. The molecule has 0 aromatic carbocycles. The molecule has 16 heavy (non-hydrogen) atoms. The van der Waals surface area contributed by atoms with E-state index in [1.165, 1.54) is 0 Å². The molecule has 0 aliphatic carbocycles. The van der Waals surface area contributed by atoms with Gasteiger partial charge in [-0.1, -0.05) is 0 Å². The summed E-state index contributed by atoms with van der Waals surface area (Å²) >= 11 is 0. The molecule has 1 rings (SSSR count). The number of esters is 1. The average molecular weight is 237 g/mol. The first-order chi connectivity index (χ1) is 7.36. The zero-order valence-corrected chi connectivity index (χ0v) is 8.14. The second-order valence-corrected chi connectivity index (χ2v) is 2.91. The van der Waals surface area contributed by atoms with Crippen LogP contribution in [0.3, 0.4) is 0 Å². The second kappa shape index (κ2) is 4.46. The van der Waals surface area contributed by atoms with Gasteiger partial charge < -0.3 is 4.74 Å². The van der Waals surface area contributed by atoms with Crippen LogP contribution in [0.15, 0.2) is 12.4 Å². The number of carbonyl (C=O) groups is 1. The van der Waals surface area contributed by atoms with Gasteiger partial charge in [0.25, 0.3) is 0 Å². The lowest BCUT2D eigenvalue weighted by Gasteiger charge is -2.12. The van der Waals surface area contributed by atoms with E-state index in [0.29, 0.717) is 6.20 Å². The second-order valence-electron chi connectivity index (χ2n) is 2.91. The molecular weight excluding hydrogens is 230 g/mol. The molecule has 3 nitrogen and oxygen atoms in total. The predicted molar refractivity (Wildman–Crippen MR) is 44.9 cm³/mol. The minimum absolute atomic E-state index is 0.448. The standard InChI is InChI=1S/C9H7F4NO2/c1-16-7(15)2-5-3-14-4-6(10)8(5)9(11,12)13/h3-4H,2H2,1H3. The Morgan fingerprint density at radius 3 is 2.56 bits per heavy atom. The number of halogens is 4.